The van der Waals surface area contributed by atoms with Crippen molar-refractivity contribution in [2.45, 2.75) is 32.3 Å². The number of fused-ring (bicyclic) bond motifs is 1. The third-order valence-electron chi connectivity index (χ3n) is 3.35. The Labute approximate surface area is 122 Å². The number of aldehydes is 1. The minimum Gasteiger partial charge on any atom is -0.478 e. The fourth-order valence-electron chi connectivity index (χ4n) is 2.40. The summed E-state index contributed by atoms with van der Waals surface area (Å²) < 4.78 is 10.4. The number of hydrogen-bond donors (Lipinski definition) is 1. The lowest BCUT2D eigenvalue weighted by atomic mass is 10.0. The zero-order chi connectivity index (χ0) is 15.4. The van der Waals surface area contributed by atoms with Crippen LogP contribution in [0.5, 0.6) is 5.75 Å². The van der Waals surface area contributed by atoms with Crippen LogP contribution in [0.3, 0.4) is 0 Å². The maximum Gasteiger partial charge on any atom is 0.347 e. The summed E-state index contributed by atoms with van der Waals surface area (Å²) >= 11 is 0. The normalized spacial score (nSPS) is 17.0. The lowest BCUT2D eigenvalue weighted by Crippen LogP contribution is -2.28. The molecule has 6 heteroatoms. The first-order chi connectivity index (χ1) is 10.1. The van der Waals surface area contributed by atoms with Crippen molar-refractivity contribution >= 4 is 23.9 Å². The number of nitrogens with one attached hydrogen (secondary N) is 1. The summed E-state index contributed by atoms with van der Waals surface area (Å²) in [5.41, 5.74) is 1.70. The molecule has 21 heavy (non-hydrogen) atoms. The van der Waals surface area contributed by atoms with Crippen LogP contribution in [0.25, 0.3) is 0 Å². The Kier molecular flexibility index (Phi) is 4.57. The molecule has 1 amide bonds. The molecular weight excluding hydrogens is 274 g/mol. The van der Waals surface area contributed by atoms with Crippen LogP contribution >= 0.6 is 0 Å². The molecule has 1 aromatic rings. The molecule has 0 aromatic heterocycles. The number of benzene rings is 1. The van der Waals surface area contributed by atoms with E-state index in [9.17, 15) is 14.4 Å². The van der Waals surface area contributed by atoms with Crippen molar-refractivity contribution < 1.29 is 23.9 Å². The zero-order valence-corrected chi connectivity index (χ0v) is 12.0. The van der Waals surface area contributed by atoms with Gasteiger partial charge in [-0.15, -0.1) is 0 Å². The number of rotatable bonds is 3. The Hall–Kier alpha value is -2.37. The molecule has 1 aliphatic heterocycles. The number of methoxy groups -OCH3 is 1. The van der Waals surface area contributed by atoms with Crippen molar-refractivity contribution in [2.75, 3.05) is 12.4 Å². The fourth-order valence-corrected chi connectivity index (χ4v) is 2.40. The van der Waals surface area contributed by atoms with E-state index >= 15 is 0 Å². The molecule has 0 fully saturated rings. The van der Waals surface area contributed by atoms with Crippen molar-refractivity contribution in [1.82, 2.24) is 0 Å². The van der Waals surface area contributed by atoms with E-state index in [0.29, 0.717) is 42.5 Å². The first-order valence-electron chi connectivity index (χ1n) is 6.70. The molecule has 0 bridgehead atoms. The van der Waals surface area contributed by atoms with Gasteiger partial charge in [-0.25, -0.2) is 4.79 Å². The van der Waals surface area contributed by atoms with Gasteiger partial charge in [-0.05, 0) is 31.4 Å². The number of ether oxygens (including phenoxy) is 2. The molecule has 1 aliphatic rings. The number of hydrogen-bond acceptors (Lipinski definition) is 5. The van der Waals surface area contributed by atoms with Crippen molar-refractivity contribution in [2.24, 2.45) is 0 Å². The van der Waals surface area contributed by atoms with E-state index in [4.69, 9.17) is 9.47 Å². The van der Waals surface area contributed by atoms with Crippen LogP contribution in [-0.4, -0.2) is 31.4 Å². The van der Waals surface area contributed by atoms with Gasteiger partial charge in [-0.2, -0.15) is 0 Å². The molecule has 1 N–H and O–H groups in total. The van der Waals surface area contributed by atoms with E-state index in [1.54, 1.807) is 12.1 Å². The van der Waals surface area contributed by atoms with E-state index in [1.807, 2.05) is 0 Å². The Morgan fingerprint density at radius 3 is 2.81 bits per heavy atom. The Balaban J connectivity index is 2.45. The second kappa shape index (κ2) is 6.39. The highest BCUT2D eigenvalue weighted by Crippen LogP contribution is 2.35. The van der Waals surface area contributed by atoms with Crippen molar-refractivity contribution in [1.29, 1.82) is 0 Å². The first-order valence-corrected chi connectivity index (χ1v) is 6.70. The quantitative estimate of drug-likeness (QED) is 0.677. The van der Waals surface area contributed by atoms with E-state index in [1.165, 1.54) is 14.0 Å². The topological polar surface area (TPSA) is 81.7 Å². The van der Waals surface area contributed by atoms with E-state index in [-0.39, 0.29) is 5.91 Å². The largest absolute Gasteiger partial charge is 0.478 e. The molecule has 0 saturated carbocycles. The van der Waals surface area contributed by atoms with Crippen LogP contribution in [0.4, 0.5) is 5.69 Å². The smallest absolute Gasteiger partial charge is 0.347 e. The van der Waals surface area contributed by atoms with E-state index in [2.05, 4.69) is 5.32 Å². The summed E-state index contributed by atoms with van der Waals surface area (Å²) in [6.45, 7) is 1.41. The highest BCUT2D eigenvalue weighted by molar-refractivity contribution is 5.92. The van der Waals surface area contributed by atoms with Crippen molar-refractivity contribution in [3.63, 3.8) is 0 Å². The van der Waals surface area contributed by atoms with Crippen LogP contribution in [0.15, 0.2) is 12.1 Å². The van der Waals surface area contributed by atoms with Crippen molar-refractivity contribution in [3.05, 3.63) is 23.3 Å². The van der Waals surface area contributed by atoms with Crippen LogP contribution in [0, 0.1) is 0 Å². The van der Waals surface area contributed by atoms with Gasteiger partial charge < -0.3 is 14.8 Å². The molecule has 0 aliphatic carbocycles. The van der Waals surface area contributed by atoms with Gasteiger partial charge in [0.2, 0.25) is 5.91 Å². The number of esters is 1. The maximum absolute atomic E-state index is 11.7. The number of carbonyl (C=O) groups excluding carboxylic acids is 3. The number of amides is 1. The number of carbonyl (C=O) groups is 3. The Morgan fingerprint density at radius 2 is 2.19 bits per heavy atom. The van der Waals surface area contributed by atoms with Gasteiger partial charge in [0.1, 0.15) is 5.75 Å². The van der Waals surface area contributed by atoms with Crippen molar-refractivity contribution in [3.8, 4) is 5.75 Å². The SMILES string of the molecule is COC(=O)C1CCCc2c(NC(C)=O)ccc(C=O)c2O1. The fraction of sp³-hybridized carbons (Fsp3) is 0.400. The average Bonchev–Trinajstić information content (AvgIpc) is 2.69. The molecule has 0 spiro atoms. The lowest BCUT2D eigenvalue weighted by molar-refractivity contribution is -0.149. The van der Waals surface area contributed by atoms with Gasteiger partial charge in [0, 0.05) is 18.2 Å². The summed E-state index contributed by atoms with van der Waals surface area (Å²) in [6.07, 6.45) is 1.75. The Morgan fingerprint density at radius 1 is 1.43 bits per heavy atom. The predicted octanol–water partition coefficient (Wildman–Crippen LogP) is 1.71. The third-order valence-corrected chi connectivity index (χ3v) is 3.35. The summed E-state index contributed by atoms with van der Waals surface area (Å²) in [5.74, 6) is -0.321. The first kappa shape index (κ1) is 15.0. The minimum atomic E-state index is -0.734. The molecule has 2 rings (SSSR count). The molecular formula is C15H17NO5. The zero-order valence-electron chi connectivity index (χ0n) is 12.0. The lowest BCUT2D eigenvalue weighted by Gasteiger charge is -2.18. The van der Waals surface area contributed by atoms with Gasteiger partial charge in [0.25, 0.3) is 0 Å². The number of anilines is 1. The highest BCUT2D eigenvalue weighted by Gasteiger charge is 2.28. The van der Waals surface area contributed by atoms with Crippen LogP contribution in [0.1, 0.15) is 35.7 Å². The van der Waals surface area contributed by atoms with E-state index < -0.39 is 12.1 Å². The standard InChI is InChI=1S/C15H17NO5/c1-9(18)16-12-7-6-10(8-17)14-11(12)4-3-5-13(21-14)15(19)20-2/h6-8,13H,3-5H2,1-2H3,(H,16,18). The highest BCUT2D eigenvalue weighted by atomic mass is 16.6. The average molecular weight is 291 g/mol. The van der Waals surface area contributed by atoms with Gasteiger partial charge in [-0.3, -0.25) is 9.59 Å². The van der Waals surface area contributed by atoms with Crippen LogP contribution in [0.2, 0.25) is 0 Å². The minimum absolute atomic E-state index is 0.204. The Bertz CT molecular complexity index is 582. The monoisotopic (exact) mass is 291 g/mol. The molecule has 1 aromatic carbocycles. The van der Waals surface area contributed by atoms with Gasteiger partial charge in [0.15, 0.2) is 12.4 Å². The summed E-state index contributed by atoms with van der Waals surface area (Å²) in [6, 6.07) is 3.24. The van der Waals surface area contributed by atoms with Gasteiger partial charge in [0.05, 0.1) is 12.7 Å². The van der Waals surface area contributed by atoms with Gasteiger partial charge in [-0.1, -0.05) is 0 Å². The molecule has 1 atom stereocenters. The molecule has 0 saturated heterocycles. The molecule has 112 valence electrons. The summed E-state index contributed by atoms with van der Waals surface area (Å²) in [4.78, 5) is 34.1. The maximum atomic E-state index is 11.7. The molecule has 6 nitrogen and oxygen atoms in total. The molecule has 0 radical (unpaired) electrons. The molecule has 1 heterocycles. The van der Waals surface area contributed by atoms with Crippen LogP contribution in [-0.2, 0) is 20.7 Å². The van der Waals surface area contributed by atoms with Crippen LogP contribution < -0.4 is 10.1 Å². The summed E-state index contributed by atoms with van der Waals surface area (Å²) in [7, 11) is 1.30. The van der Waals surface area contributed by atoms with Gasteiger partial charge >= 0.3 is 5.97 Å². The second-order valence-corrected chi connectivity index (χ2v) is 4.83. The summed E-state index contributed by atoms with van der Waals surface area (Å²) in [5, 5.41) is 2.72. The van der Waals surface area contributed by atoms with E-state index in [0.717, 1.165) is 5.56 Å². The molecule has 1 unspecified atom stereocenters. The second-order valence-electron chi connectivity index (χ2n) is 4.83. The predicted molar refractivity (Wildman–Crippen MR) is 75.5 cm³/mol. The third kappa shape index (κ3) is 3.21.